The molecule has 0 spiro atoms. The lowest BCUT2D eigenvalue weighted by atomic mass is 9.93. The van der Waals surface area contributed by atoms with Crippen molar-refractivity contribution in [1.29, 1.82) is 0 Å². The lowest BCUT2D eigenvalue weighted by Gasteiger charge is -2.17. The van der Waals surface area contributed by atoms with Crippen molar-refractivity contribution in [1.82, 2.24) is 0 Å². The number of aliphatic hydroxyl groups is 1. The highest BCUT2D eigenvalue weighted by atomic mass is 16.5. The number of benzene rings is 1. The normalized spacial score (nSPS) is 14.8. The highest BCUT2D eigenvalue weighted by molar-refractivity contribution is 5.39. The quantitative estimate of drug-likeness (QED) is 0.849. The molecular formula is C15H24O2. The molecule has 0 bridgehead atoms. The summed E-state index contributed by atoms with van der Waals surface area (Å²) in [5.74, 6) is 1.68. The SMILES string of the molecule is COc1ccc(CC(C)C(C)O)cc1C(C)C. The summed E-state index contributed by atoms with van der Waals surface area (Å²) >= 11 is 0. The molecule has 96 valence electrons. The number of ether oxygens (including phenoxy) is 1. The van der Waals surface area contributed by atoms with Gasteiger partial charge in [-0.05, 0) is 42.4 Å². The van der Waals surface area contributed by atoms with E-state index in [1.54, 1.807) is 7.11 Å². The summed E-state index contributed by atoms with van der Waals surface area (Å²) in [7, 11) is 1.71. The molecular weight excluding hydrogens is 212 g/mol. The first-order chi connectivity index (χ1) is 7.95. The van der Waals surface area contributed by atoms with Crippen LogP contribution in [0.4, 0.5) is 0 Å². The number of aliphatic hydroxyl groups excluding tert-OH is 1. The van der Waals surface area contributed by atoms with Crippen molar-refractivity contribution in [3.8, 4) is 5.75 Å². The summed E-state index contributed by atoms with van der Waals surface area (Å²) in [6, 6.07) is 6.31. The van der Waals surface area contributed by atoms with Gasteiger partial charge in [-0.1, -0.05) is 32.9 Å². The molecule has 17 heavy (non-hydrogen) atoms. The van der Waals surface area contributed by atoms with Crippen LogP contribution in [-0.4, -0.2) is 18.3 Å². The summed E-state index contributed by atoms with van der Waals surface area (Å²) in [5.41, 5.74) is 2.51. The smallest absolute Gasteiger partial charge is 0.122 e. The molecule has 0 amide bonds. The van der Waals surface area contributed by atoms with Crippen molar-refractivity contribution in [3.63, 3.8) is 0 Å². The highest BCUT2D eigenvalue weighted by Gasteiger charge is 2.12. The third-order valence-corrected chi connectivity index (χ3v) is 3.30. The van der Waals surface area contributed by atoms with Crippen molar-refractivity contribution in [3.05, 3.63) is 29.3 Å². The Kier molecular flexibility index (Phi) is 5.01. The predicted molar refractivity (Wildman–Crippen MR) is 71.6 cm³/mol. The predicted octanol–water partition coefficient (Wildman–Crippen LogP) is 3.38. The molecule has 0 aliphatic carbocycles. The molecule has 0 saturated heterocycles. The maximum absolute atomic E-state index is 9.54. The summed E-state index contributed by atoms with van der Waals surface area (Å²) in [6.07, 6.45) is 0.640. The molecule has 2 unspecified atom stereocenters. The lowest BCUT2D eigenvalue weighted by Crippen LogP contribution is -2.15. The van der Waals surface area contributed by atoms with Crippen molar-refractivity contribution in [2.75, 3.05) is 7.11 Å². The Morgan fingerprint density at radius 2 is 1.82 bits per heavy atom. The standard InChI is InChI=1S/C15H24O2/c1-10(2)14-9-13(6-7-15(14)17-5)8-11(3)12(4)16/h6-7,9-12,16H,8H2,1-5H3. The van der Waals surface area contributed by atoms with E-state index in [9.17, 15) is 5.11 Å². The van der Waals surface area contributed by atoms with E-state index >= 15 is 0 Å². The first-order valence-electron chi connectivity index (χ1n) is 6.30. The minimum absolute atomic E-state index is 0.264. The van der Waals surface area contributed by atoms with Gasteiger partial charge < -0.3 is 9.84 Å². The molecule has 0 radical (unpaired) electrons. The van der Waals surface area contributed by atoms with Gasteiger partial charge in [-0.15, -0.1) is 0 Å². The highest BCUT2D eigenvalue weighted by Crippen LogP contribution is 2.28. The summed E-state index contributed by atoms with van der Waals surface area (Å²) in [4.78, 5) is 0. The maximum atomic E-state index is 9.54. The summed E-state index contributed by atoms with van der Waals surface area (Å²) < 4.78 is 5.36. The molecule has 2 atom stereocenters. The van der Waals surface area contributed by atoms with Crippen LogP contribution in [0.2, 0.25) is 0 Å². The van der Waals surface area contributed by atoms with Gasteiger partial charge in [-0.3, -0.25) is 0 Å². The van der Waals surface area contributed by atoms with E-state index in [0.29, 0.717) is 5.92 Å². The van der Waals surface area contributed by atoms with Gasteiger partial charge in [0.1, 0.15) is 5.75 Å². The fourth-order valence-electron chi connectivity index (χ4n) is 1.90. The van der Waals surface area contributed by atoms with Crippen LogP contribution in [0.15, 0.2) is 18.2 Å². The van der Waals surface area contributed by atoms with Crippen LogP contribution in [0.1, 0.15) is 44.7 Å². The van der Waals surface area contributed by atoms with Crippen LogP contribution in [0.5, 0.6) is 5.75 Å². The molecule has 1 N–H and O–H groups in total. The van der Waals surface area contributed by atoms with Crippen LogP contribution in [0, 0.1) is 5.92 Å². The molecule has 1 rings (SSSR count). The Morgan fingerprint density at radius 3 is 2.29 bits per heavy atom. The second-order valence-electron chi connectivity index (χ2n) is 5.15. The van der Waals surface area contributed by atoms with Crippen molar-refractivity contribution < 1.29 is 9.84 Å². The van der Waals surface area contributed by atoms with Gasteiger partial charge in [-0.25, -0.2) is 0 Å². The lowest BCUT2D eigenvalue weighted by molar-refractivity contribution is 0.135. The molecule has 0 aliphatic heterocycles. The van der Waals surface area contributed by atoms with E-state index in [2.05, 4.69) is 32.9 Å². The van der Waals surface area contributed by atoms with Gasteiger partial charge in [0.05, 0.1) is 13.2 Å². The first kappa shape index (κ1) is 14.0. The van der Waals surface area contributed by atoms with Crippen molar-refractivity contribution >= 4 is 0 Å². The van der Waals surface area contributed by atoms with Crippen molar-refractivity contribution in [2.24, 2.45) is 5.92 Å². The topological polar surface area (TPSA) is 29.5 Å². The number of methoxy groups -OCH3 is 1. The Labute approximate surface area is 105 Å². The molecule has 0 heterocycles. The zero-order chi connectivity index (χ0) is 13.0. The van der Waals surface area contributed by atoms with E-state index in [1.807, 2.05) is 13.0 Å². The Hall–Kier alpha value is -1.02. The maximum Gasteiger partial charge on any atom is 0.122 e. The minimum atomic E-state index is -0.264. The van der Waals surface area contributed by atoms with Crippen LogP contribution >= 0.6 is 0 Å². The summed E-state index contributed by atoms with van der Waals surface area (Å²) in [5, 5.41) is 9.54. The minimum Gasteiger partial charge on any atom is -0.496 e. The fourth-order valence-corrected chi connectivity index (χ4v) is 1.90. The van der Waals surface area contributed by atoms with Gasteiger partial charge in [0.2, 0.25) is 0 Å². The molecule has 1 aromatic carbocycles. The van der Waals surface area contributed by atoms with Gasteiger partial charge in [0.15, 0.2) is 0 Å². The van der Waals surface area contributed by atoms with Crippen LogP contribution < -0.4 is 4.74 Å². The van der Waals surface area contributed by atoms with Crippen molar-refractivity contribution in [2.45, 2.75) is 46.1 Å². The second-order valence-corrected chi connectivity index (χ2v) is 5.15. The van der Waals surface area contributed by atoms with Crippen LogP contribution in [-0.2, 0) is 6.42 Å². The van der Waals surface area contributed by atoms with Gasteiger partial charge in [0, 0.05) is 0 Å². The molecule has 0 saturated carbocycles. The first-order valence-corrected chi connectivity index (χ1v) is 6.30. The van der Waals surface area contributed by atoms with Crippen LogP contribution in [0.25, 0.3) is 0 Å². The Bertz CT molecular complexity index is 356. The molecule has 1 aromatic rings. The van der Waals surface area contributed by atoms with E-state index in [1.165, 1.54) is 11.1 Å². The second kappa shape index (κ2) is 6.06. The number of hydrogen-bond donors (Lipinski definition) is 1. The third kappa shape index (κ3) is 3.74. The van der Waals surface area contributed by atoms with Gasteiger partial charge >= 0.3 is 0 Å². The average molecular weight is 236 g/mol. The van der Waals surface area contributed by atoms with E-state index in [4.69, 9.17) is 4.74 Å². The number of rotatable bonds is 5. The number of hydrogen-bond acceptors (Lipinski definition) is 2. The molecule has 0 fully saturated rings. The van der Waals surface area contributed by atoms with E-state index in [-0.39, 0.29) is 12.0 Å². The molecule has 0 aromatic heterocycles. The summed E-state index contributed by atoms with van der Waals surface area (Å²) in [6.45, 7) is 8.25. The molecule has 2 nitrogen and oxygen atoms in total. The largest absolute Gasteiger partial charge is 0.496 e. The zero-order valence-electron chi connectivity index (χ0n) is 11.5. The van der Waals surface area contributed by atoms with Gasteiger partial charge in [0.25, 0.3) is 0 Å². The van der Waals surface area contributed by atoms with Crippen LogP contribution in [0.3, 0.4) is 0 Å². The van der Waals surface area contributed by atoms with Gasteiger partial charge in [-0.2, -0.15) is 0 Å². The molecule has 0 aliphatic rings. The zero-order valence-corrected chi connectivity index (χ0v) is 11.5. The Morgan fingerprint density at radius 1 is 1.18 bits per heavy atom. The van der Waals surface area contributed by atoms with E-state index in [0.717, 1.165) is 12.2 Å². The monoisotopic (exact) mass is 236 g/mol. The molecule has 2 heteroatoms. The van der Waals surface area contributed by atoms with E-state index < -0.39 is 0 Å². The average Bonchev–Trinajstić information content (AvgIpc) is 2.28. The Balaban J connectivity index is 2.92. The fraction of sp³-hybridized carbons (Fsp3) is 0.600. The third-order valence-electron chi connectivity index (χ3n) is 3.30.